The molecule has 0 saturated heterocycles. The second-order valence-electron chi connectivity index (χ2n) is 6.65. The molecule has 0 radical (unpaired) electrons. The number of rotatable bonds is 9. The second kappa shape index (κ2) is 11.8. The van der Waals surface area contributed by atoms with Crippen LogP contribution >= 0.6 is 35.0 Å². The summed E-state index contributed by atoms with van der Waals surface area (Å²) in [5.74, 6) is 0.964. The Morgan fingerprint density at radius 1 is 0.968 bits per heavy atom. The minimum absolute atomic E-state index is 0.419. The molecule has 31 heavy (non-hydrogen) atoms. The molecule has 0 atom stereocenters. The Morgan fingerprint density at radius 2 is 1.71 bits per heavy atom. The first-order chi connectivity index (χ1) is 15.1. The first-order valence-corrected chi connectivity index (χ1v) is 11.4. The van der Waals surface area contributed by atoms with Crippen molar-refractivity contribution in [2.24, 2.45) is 0 Å². The van der Waals surface area contributed by atoms with Crippen LogP contribution in [0.15, 0.2) is 77.7 Å². The van der Waals surface area contributed by atoms with Crippen LogP contribution in [0.25, 0.3) is 6.08 Å². The normalized spacial score (nSPS) is 10.9. The average molecular weight is 473 g/mol. The molecule has 0 aliphatic heterocycles. The third-order valence-corrected chi connectivity index (χ3v) is 6.53. The lowest BCUT2D eigenvalue weighted by Gasteiger charge is -2.12. The molecule has 0 amide bonds. The summed E-state index contributed by atoms with van der Waals surface area (Å²) in [5.41, 5.74) is 3.07. The van der Waals surface area contributed by atoms with E-state index in [2.05, 4.69) is 12.1 Å². The van der Waals surface area contributed by atoms with Gasteiger partial charge in [-0.1, -0.05) is 65.7 Å². The molecule has 0 unspecified atom stereocenters. The predicted octanol–water partition coefficient (Wildman–Crippen LogP) is 7.09. The fourth-order valence-corrected chi connectivity index (χ4v) is 4.50. The lowest BCUT2D eigenvalue weighted by molar-refractivity contribution is -0.134. The van der Waals surface area contributed by atoms with Crippen molar-refractivity contribution in [3.63, 3.8) is 0 Å². The summed E-state index contributed by atoms with van der Waals surface area (Å²) >= 11 is 14.1. The summed E-state index contributed by atoms with van der Waals surface area (Å²) in [7, 11) is 1.35. The van der Waals surface area contributed by atoms with Crippen molar-refractivity contribution in [3.05, 3.63) is 99.5 Å². The second-order valence-corrected chi connectivity index (χ2v) is 8.45. The maximum Gasteiger partial charge on any atom is 0.330 e. The lowest BCUT2D eigenvalue weighted by Crippen LogP contribution is -2.03. The molecule has 0 N–H and O–H groups in total. The summed E-state index contributed by atoms with van der Waals surface area (Å²) < 4.78 is 10.7. The number of thioether (sulfide) groups is 1. The van der Waals surface area contributed by atoms with Crippen molar-refractivity contribution in [1.29, 1.82) is 0 Å². The van der Waals surface area contributed by atoms with Gasteiger partial charge >= 0.3 is 5.97 Å². The molecule has 6 heteroatoms. The molecule has 0 aliphatic rings. The zero-order valence-corrected chi connectivity index (χ0v) is 19.3. The maximum absolute atomic E-state index is 11.6. The fourth-order valence-electron chi connectivity index (χ4n) is 2.87. The maximum atomic E-state index is 11.6. The average Bonchev–Trinajstić information content (AvgIpc) is 2.78. The molecule has 0 saturated carbocycles. The van der Waals surface area contributed by atoms with E-state index in [1.54, 1.807) is 17.8 Å². The van der Waals surface area contributed by atoms with Gasteiger partial charge in [0.05, 0.1) is 23.8 Å². The van der Waals surface area contributed by atoms with Gasteiger partial charge in [0.25, 0.3) is 0 Å². The molecule has 3 aromatic carbocycles. The van der Waals surface area contributed by atoms with E-state index in [4.69, 9.17) is 32.7 Å². The highest BCUT2D eigenvalue weighted by Gasteiger charge is 2.09. The highest BCUT2D eigenvalue weighted by atomic mass is 35.5. The van der Waals surface area contributed by atoms with Crippen molar-refractivity contribution in [1.82, 2.24) is 0 Å². The molecule has 0 fully saturated rings. The molecule has 3 rings (SSSR count). The van der Waals surface area contributed by atoms with Gasteiger partial charge in [-0.2, -0.15) is 0 Å². The number of methoxy groups -OCH3 is 1. The highest BCUT2D eigenvalue weighted by Crippen LogP contribution is 2.36. The van der Waals surface area contributed by atoms with Crippen LogP contribution < -0.4 is 4.74 Å². The van der Waals surface area contributed by atoms with E-state index in [0.29, 0.717) is 28.2 Å². The monoisotopic (exact) mass is 472 g/mol. The van der Waals surface area contributed by atoms with E-state index >= 15 is 0 Å². The van der Waals surface area contributed by atoms with Crippen LogP contribution in [0.3, 0.4) is 0 Å². The standard InChI is InChI=1S/C25H22Cl2O3S/c1-29-24(28)13-11-20-16-19(17-31-25-21(26)8-5-9-22(25)27)10-12-23(20)30-15-14-18-6-3-2-4-7-18/h2-13,16H,14-15,17H2,1H3/b13-11+. The van der Waals surface area contributed by atoms with Crippen molar-refractivity contribution >= 4 is 47.0 Å². The summed E-state index contributed by atoms with van der Waals surface area (Å²) in [4.78, 5) is 12.4. The van der Waals surface area contributed by atoms with Crippen LogP contribution in [0.5, 0.6) is 5.75 Å². The third kappa shape index (κ3) is 7.06. The largest absolute Gasteiger partial charge is 0.493 e. The smallest absolute Gasteiger partial charge is 0.330 e. The van der Waals surface area contributed by atoms with Gasteiger partial charge in [0.2, 0.25) is 0 Å². The minimum Gasteiger partial charge on any atom is -0.493 e. The summed E-state index contributed by atoms with van der Waals surface area (Å²) in [5, 5.41) is 1.26. The Balaban J connectivity index is 1.74. The quantitative estimate of drug-likeness (QED) is 0.189. The van der Waals surface area contributed by atoms with Crippen molar-refractivity contribution in [2.45, 2.75) is 17.1 Å². The third-order valence-electron chi connectivity index (χ3n) is 4.47. The summed E-state index contributed by atoms with van der Waals surface area (Å²) in [6, 6.07) is 21.6. The van der Waals surface area contributed by atoms with Gasteiger partial charge in [0.15, 0.2) is 0 Å². The number of hydrogen-bond acceptors (Lipinski definition) is 4. The first kappa shape index (κ1) is 23.3. The number of hydrogen-bond donors (Lipinski definition) is 0. The Labute approximate surface area is 197 Å². The zero-order chi connectivity index (χ0) is 22.1. The van der Waals surface area contributed by atoms with Gasteiger partial charge in [-0.15, -0.1) is 11.8 Å². The molecule has 0 aromatic heterocycles. The van der Waals surface area contributed by atoms with Gasteiger partial charge in [0.1, 0.15) is 5.75 Å². The van der Waals surface area contributed by atoms with Gasteiger partial charge in [0, 0.05) is 28.7 Å². The summed E-state index contributed by atoms with van der Waals surface area (Å²) in [6.45, 7) is 0.534. The molecule has 3 aromatic rings. The van der Waals surface area contributed by atoms with E-state index in [1.165, 1.54) is 18.7 Å². The molecular formula is C25H22Cl2O3S. The number of esters is 1. The fraction of sp³-hybridized carbons (Fsp3) is 0.160. The van der Waals surface area contributed by atoms with Gasteiger partial charge < -0.3 is 9.47 Å². The van der Waals surface area contributed by atoms with Crippen molar-refractivity contribution < 1.29 is 14.3 Å². The van der Waals surface area contributed by atoms with Gasteiger partial charge in [-0.25, -0.2) is 4.79 Å². The van der Waals surface area contributed by atoms with Gasteiger partial charge in [-0.3, -0.25) is 0 Å². The molecule has 0 spiro atoms. The van der Waals surface area contributed by atoms with Crippen LogP contribution in [0.2, 0.25) is 10.0 Å². The van der Waals surface area contributed by atoms with Crippen LogP contribution in [-0.4, -0.2) is 19.7 Å². The SMILES string of the molecule is COC(=O)/C=C/c1cc(CSc2c(Cl)cccc2Cl)ccc1OCCc1ccccc1. The Kier molecular flexibility index (Phi) is 8.89. The Hall–Kier alpha value is -2.40. The number of ether oxygens (including phenoxy) is 2. The Bertz CT molecular complexity index is 1030. The van der Waals surface area contributed by atoms with Crippen LogP contribution in [0, 0.1) is 0 Å². The summed E-state index contributed by atoms with van der Waals surface area (Å²) in [6.07, 6.45) is 3.89. The molecule has 0 heterocycles. The zero-order valence-electron chi connectivity index (χ0n) is 17.0. The topological polar surface area (TPSA) is 35.5 Å². The van der Waals surface area contributed by atoms with Crippen LogP contribution in [0.4, 0.5) is 0 Å². The molecule has 0 aliphatic carbocycles. The van der Waals surface area contributed by atoms with Crippen molar-refractivity contribution in [2.75, 3.05) is 13.7 Å². The minimum atomic E-state index is -0.419. The van der Waals surface area contributed by atoms with E-state index < -0.39 is 5.97 Å². The van der Waals surface area contributed by atoms with Crippen LogP contribution in [0.1, 0.15) is 16.7 Å². The number of halogens is 2. The number of benzene rings is 3. The molecule has 0 bridgehead atoms. The number of carbonyl (C=O) groups excluding carboxylic acids is 1. The highest BCUT2D eigenvalue weighted by molar-refractivity contribution is 7.98. The molecule has 3 nitrogen and oxygen atoms in total. The molecular weight excluding hydrogens is 451 g/mol. The lowest BCUT2D eigenvalue weighted by atomic mass is 10.1. The van der Waals surface area contributed by atoms with E-state index in [-0.39, 0.29) is 0 Å². The van der Waals surface area contributed by atoms with Crippen molar-refractivity contribution in [3.8, 4) is 5.75 Å². The van der Waals surface area contributed by atoms with E-state index in [0.717, 1.165) is 22.4 Å². The predicted molar refractivity (Wildman–Crippen MR) is 129 cm³/mol. The van der Waals surface area contributed by atoms with E-state index in [9.17, 15) is 4.79 Å². The Morgan fingerprint density at radius 3 is 2.42 bits per heavy atom. The van der Waals surface area contributed by atoms with Crippen LogP contribution in [-0.2, 0) is 21.7 Å². The number of carbonyl (C=O) groups is 1. The molecule has 160 valence electrons. The first-order valence-electron chi connectivity index (χ1n) is 9.69. The van der Waals surface area contributed by atoms with E-state index in [1.807, 2.05) is 54.6 Å². The van der Waals surface area contributed by atoms with Gasteiger partial charge in [-0.05, 0) is 41.5 Å².